The van der Waals surface area contributed by atoms with Crippen molar-refractivity contribution >= 4 is 17.6 Å². The molecule has 94 valence electrons. The third-order valence-electron chi connectivity index (χ3n) is 3.01. The van der Waals surface area contributed by atoms with Crippen LogP contribution in [0.5, 0.6) is 0 Å². The minimum Gasteiger partial charge on any atom is -0.392 e. The molecular formula is C13H20N2OS. The molecule has 3 nitrogen and oxygen atoms in total. The van der Waals surface area contributed by atoms with Crippen LogP contribution in [-0.4, -0.2) is 33.7 Å². The van der Waals surface area contributed by atoms with Crippen molar-refractivity contribution in [3.63, 3.8) is 0 Å². The summed E-state index contributed by atoms with van der Waals surface area (Å²) in [5.41, 5.74) is 2.04. The number of rotatable bonds is 2. The Morgan fingerprint density at radius 2 is 2.06 bits per heavy atom. The lowest BCUT2D eigenvalue weighted by Gasteiger charge is -2.36. The maximum absolute atomic E-state index is 9.09. The van der Waals surface area contributed by atoms with E-state index in [1.807, 2.05) is 17.8 Å². The van der Waals surface area contributed by atoms with Gasteiger partial charge in [0.2, 0.25) is 0 Å². The Hall–Kier alpha value is -0.740. The molecule has 1 N–H and O–H groups in total. The molecule has 1 saturated heterocycles. The number of aliphatic hydroxyl groups is 1. The van der Waals surface area contributed by atoms with Crippen molar-refractivity contribution in [2.24, 2.45) is 0 Å². The lowest BCUT2D eigenvalue weighted by atomic mass is 10.2. The van der Waals surface area contributed by atoms with Crippen LogP contribution in [0.4, 0.5) is 5.82 Å². The van der Waals surface area contributed by atoms with Crippen LogP contribution in [0.2, 0.25) is 0 Å². The molecule has 2 atom stereocenters. The molecule has 0 aromatic carbocycles. The van der Waals surface area contributed by atoms with Gasteiger partial charge >= 0.3 is 0 Å². The normalized spacial score (nSPS) is 25.1. The predicted molar refractivity (Wildman–Crippen MR) is 73.6 cm³/mol. The average Bonchev–Trinajstić information content (AvgIpc) is 2.27. The first-order valence-corrected chi connectivity index (χ1v) is 7.01. The largest absolute Gasteiger partial charge is 0.392 e. The fourth-order valence-corrected chi connectivity index (χ4v) is 3.72. The summed E-state index contributed by atoms with van der Waals surface area (Å²) < 4.78 is 0. The number of aromatic nitrogens is 1. The molecule has 0 saturated carbocycles. The summed E-state index contributed by atoms with van der Waals surface area (Å²) >= 11 is 2.04. The number of hydrogen-bond donors (Lipinski definition) is 1. The van der Waals surface area contributed by atoms with Crippen molar-refractivity contribution in [3.8, 4) is 0 Å². The number of nitrogens with zero attached hydrogens (tertiary/aromatic N) is 2. The van der Waals surface area contributed by atoms with E-state index in [1.165, 1.54) is 0 Å². The van der Waals surface area contributed by atoms with Crippen molar-refractivity contribution < 1.29 is 5.11 Å². The van der Waals surface area contributed by atoms with Crippen molar-refractivity contribution in [1.29, 1.82) is 0 Å². The molecule has 17 heavy (non-hydrogen) atoms. The van der Waals surface area contributed by atoms with Crippen LogP contribution in [0, 0.1) is 6.92 Å². The van der Waals surface area contributed by atoms with Gasteiger partial charge in [-0.25, -0.2) is 4.98 Å². The monoisotopic (exact) mass is 252 g/mol. The van der Waals surface area contributed by atoms with Crippen LogP contribution in [-0.2, 0) is 6.61 Å². The van der Waals surface area contributed by atoms with Gasteiger partial charge in [0.05, 0.1) is 6.61 Å². The maximum Gasteiger partial charge on any atom is 0.131 e. The summed E-state index contributed by atoms with van der Waals surface area (Å²) in [5, 5.41) is 10.4. The lowest BCUT2D eigenvalue weighted by molar-refractivity contribution is 0.281. The topological polar surface area (TPSA) is 36.4 Å². The Morgan fingerprint density at radius 1 is 1.41 bits per heavy atom. The molecule has 1 aromatic heterocycles. The van der Waals surface area contributed by atoms with E-state index in [9.17, 15) is 0 Å². The number of hydrogen-bond acceptors (Lipinski definition) is 4. The minimum atomic E-state index is 0.0662. The van der Waals surface area contributed by atoms with E-state index in [4.69, 9.17) is 5.11 Å². The molecule has 2 unspecified atom stereocenters. The molecule has 1 aliphatic rings. The fraction of sp³-hybridized carbons (Fsp3) is 0.615. The maximum atomic E-state index is 9.09. The molecule has 0 aliphatic carbocycles. The second-order valence-electron chi connectivity index (χ2n) is 4.80. The number of pyridine rings is 1. The van der Waals surface area contributed by atoms with Crippen LogP contribution in [0.25, 0.3) is 0 Å². The van der Waals surface area contributed by atoms with Gasteiger partial charge in [-0.3, -0.25) is 0 Å². The zero-order valence-electron chi connectivity index (χ0n) is 10.7. The molecule has 0 bridgehead atoms. The van der Waals surface area contributed by atoms with Gasteiger partial charge in [0, 0.05) is 29.8 Å². The quantitative estimate of drug-likeness (QED) is 0.875. The summed E-state index contributed by atoms with van der Waals surface area (Å²) in [6.07, 6.45) is 1.78. The number of anilines is 1. The van der Waals surface area contributed by atoms with Crippen LogP contribution in [0.1, 0.15) is 25.0 Å². The smallest absolute Gasteiger partial charge is 0.131 e. The highest BCUT2D eigenvalue weighted by molar-refractivity contribution is 8.00. The second-order valence-corrected chi connectivity index (χ2v) is 6.69. The first-order valence-electron chi connectivity index (χ1n) is 6.07. The highest BCUT2D eigenvalue weighted by atomic mass is 32.2. The number of thioether (sulfide) groups is 1. The van der Waals surface area contributed by atoms with Crippen molar-refractivity contribution in [3.05, 3.63) is 23.4 Å². The van der Waals surface area contributed by atoms with E-state index in [0.29, 0.717) is 10.5 Å². The van der Waals surface area contributed by atoms with Crippen LogP contribution >= 0.6 is 11.8 Å². The van der Waals surface area contributed by atoms with Crippen molar-refractivity contribution in [2.75, 3.05) is 18.0 Å². The van der Waals surface area contributed by atoms with E-state index in [0.717, 1.165) is 30.0 Å². The summed E-state index contributed by atoms with van der Waals surface area (Å²) in [5.74, 6) is 1.07. The molecule has 1 fully saturated rings. The highest BCUT2D eigenvalue weighted by Crippen LogP contribution is 2.29. The van der Waals surface area contributed by atoms with Gasteiger partial charge in [0.1, 0.15) is 5.82 Å². The summed E-state index contributed by atoms with van der Waals surface area (Å²) in [7, 11) is 0. The van der Waals surface area contributed by atoms with E-state index in [-0.39, 0.29) is 6.61 Å². The van der Waals surface area contributed by atoms with Crippen molar-refractivity contribution in [2.45, 2.75) is 37.9 Å². The zero-order chi connectivity index (χ0) is 12.4. The summed E-state index contributed by atoms with van der Waals surface area (Å²) in [6.45, 7) is 8.79. The van der Waals surface area contributed by atoms with Gasteiger partial charge in [-0.05, 0) is 24.1 Å². The minimum absolute atomic E-state index is 0.0662. The Bertz CT molecular complexity index is 387. The Labute approximate surface area is 107 Å². The molecule has 2 heterocycles. The summed E-state index contributed by atoms with van der Waals surface area (Å²) in [4.78, 5) is 6.86. The first-order chi connectivity index (χ1) is 8.10. The van der Waals surface area contributed by atoms with Crippen LogP contribution < -0.4 is 4.90 Å². The summed E-state index contributed by atoms with van der Waals surface area (Å²) in [6, 6.07) is 2.03. The van der Waals surface area contributed by atoms with E-state index < -0.39 is 0 Å². The van der Waals surface area contributed by atoms with Crippen LogP contribution in [0.15, 0.2) is 12.3 Å². The van der Waals surface area contributed by atoms with Gasteiger partial charge < -0.3 is 10.0 Å². The van der Waals surface area contributed by atoms with E-state index in [2.05, 4.69) is 30.7 Å². The number of aryl methyl sites for hydroxylation is 1. The third-order valence-corrected chi connectivity index (χ3v) is 4.24. The first kappa shape index (κ1) is 12.7. The van der Waals surface area contributed by atoms with Gasteiger partial charge in [-0.1, -0.05) is 13.8 Å². The molecule has 1 aliphatic heterocycles. The second kappa shape index (κ2) is 5.27. The molecule has 0 amide bonds. The van der Waals surface area contributed by atoms with E-state index in [1.54, 1.807) is 6.20 Å². The highest BCUT2D eigenvalue weighted by Gasteiger charge is 2.24. The molecule has 0 radical (unpaired) electrons. The van der Waals surface area contributed by atoms with E-state index >= 15 is 0 Å². The number of aliphatic hydroxyl groups excluding tert-OH is 1. The Morgan fingerprint density at radius 3 is 2.59 bits per heavy atom. The van der Waals surface area contributed by atoms with Gasteiger partial charge in [-0.15, -0.1) is 0 Å². The molecule has 0 spiro atoms. The Balaban J connectivity index is 2.21. The van der Waals surface area contributed by atoms with Gasteiger partial charge in [-0.2, -0.15) is 11.8 Å². The fourth-order valence-electron chi connectivity index (χ4n) is 2.39. The molecule has 2 rings (SSSR count). The van der Waals surface area contributed by atoms with Crippen molar-refractivity contribution in [1.82, 2.24) is 4.98 Å². The average molecular weight is 252 g/mol. The SMILES string of the molecule is Cc1cc(CO)cnc1N1CC(C)SC(C)C1. The lowest BCUT2D eigenvalue weighted by Crippen LogP contribution is -2.41. The Kier molecular flexibility index (Phi) is 3.94. The molecule has 1 aromatic rings. The van der Waals surface area contributed by atoms with Gasteiger partial charge in [0.25, 0.3) is 0 Å². The predicted octanol–water partition coefficient (Wildman–Crippen LogP) is 2.21. The standard InChI is InChI=1S/C13H20N2OS/c1-9-4-12(8-16)5-14-13(9)15-6-10(2)17-11(3)7-15/h4-5,10-11,16H,6-8H2,1-3H3. The molecular weight excluding hydrogens is 232 g/mol. The van der Waals surface area contributed by atoms with Crippen LogP contribution in [0.3, 0.4) is 0 Å². The van der Waals surface area contributed by atoms with Gasteiger partial charge in [0.15, 0.2) is 0 Å². The zero-order valence-corrected chi connectivity index (χ0v) is 11.5. The molecule has 4 heteroatoms. The third kappa shape index (κ3) is 2.93.